The molecule has 2 aliphatic rings. The van der Waals surface area contributed by atoms with Crippen LogP contribution < -0.4 is 4.31 Å². The molecule has 0 saturated carbocycles. The molecule has 0 amide bonds. The van der Waals surface area contributed by atoms with Crippen molar-refractivity contribution in [3.8, 4) is 0 Å². The van der Waals surface area contributed by atoms with E-state index in [1.54, 1.807) is 6.07 Å². The minimum atomic E-state index is -3.56. The molecule has 5 nitrogen and oxygen atoms in total. The molecule has 1 aliphatic carbocycles. The van der Waals surface area contributed by atoms with Crippen LogP contribution in [0, 0.1) is 5.82 Å². The van der Waals surface area contributed by atoms with Crippen molar-refractivity contribution in [2.45, 2.75) is 31.6 Å². The first-order valence-corrected chi connectivity index (χ1v) is 9.62. The monoisotopic (exact) mass is 353 g/mol. The Bertz CT molecular complexity index is 780. The first kappa shape index (κ1) is 17.0. The van der Waals surface area contributed by atoms with Crippen molar-refractivity contribution in [3.63, 3.8) is 0 Å². The Hall–Kier alpha value is -1.89. The lowest BCUT2D eigenvalue weighted by atomic mass is 9.94. The number of nitrogens with zero attached hydrogens (tertiary/aromatic N) is 1. The van der Waals surface area contributed by atoms with E-state index in [1.807, 2.05) is 12.2 Å². The van der Waals surface area contributed by atoms with Crippen LogP contribution in [0.5, 0.6) is 0 Å². The molecule has 130 valence electrons. The van der Waals surface area contributed by atoms with E-state index in [2.05, 4.69) is 4.74 Å². The zero-order valence-corrected chi connectivity index (χ0v) is 14.3. The number of benzene rings is 1. The lowest BCUT2D eigenvalue weighted by Gasteiger charge is -2.29. The number of allylic oxidation sites excluding steroid dienone is 2. The third-order valence-electron chi connectivity index (χ3n) is 4.58. The molecule has 0 aromatic heterocycles. The predicted octanol–water partition coefficient (Wildman–Crippen LogP) is 2.98. The van der Waals surface area contributed by atoms with Gasteiger partial charge in [0.2, 0.25) is 10.0 Å². The lowest BCUT2D eigenvalue weighted by Crippen LogP contribution is -2.38. The van der Waals surface area contributed by atoms with Crippen LogP contribution in [-0.2, 0) is 14.8 Å². The molecule has 7 heteroatoms. The first-order chi connectivity index (χ1) is 11.4. The third-order valence-corrected chi connectivity index (χ3v) is 6.43. The number of esters is 1. The van der Waals surface area contributed by atoms with E-state index in [-0.39, 0.29) is 29.5 Å². The summed E-state index contributed by atoms with van der Waals surface area (Å²) in [4.78, 5) is 12.0. The van der Waals surface area contributed by atoms with Gasteiger partial charge in [-0.15, -0.1) is 0 Å². The first-order valence-electron chi connectivity index (χ1n) is 8.01. The molecule has 0 unspecified atom stereocenters. The summed E-state index contributed by atoms with van der Waals surface area (Å²) in [7, 11) is -2.38. The molecule has 0 radical (unpaired) electrons. The van der Waals surface area contributed by atoms with Gasteiger partial charge in [0.05, 0.1) is 24.1 Å². The van der Waals surface area contributed by atoms with Gasteiger partial charge in [0.25, 0.3) is 0 Å². The Kier molecular flexibility index (Phi) is 4.62. The topological polar surface area (TPSA) is 63.7 Å². The number of halogens is 1. The van der Waals surface area contributed by atoms with Gasteiger partial charge in [-0.3, -0.25) is 4.31 Å². The number of carbonyl (C=O) groups is 1. The van der Waals surface area contributed by atoms with Crippen LogP contribution in [0.2, 0.25) is 0 Å². The lowest BCUT2D eigenvalue weighted by molar-refractivity contribution is 0.0595. The quantitative estimate of drug-likeness (QED) is 0.619. The summed E-state index contributed by atoms with van der Waals surface area (Å²) in [6.07, 6.45) is 6.88. The summed E-state index contributed by atoms with van der Waals surface area (Å²) in [5, 5.41) is 0. The van der Waals surface area contributed by atoms with Crippen molar-refractivity contribution in [3.05, 3.63) is 41.2 Å². The molecule has 1 saturated heterocycles. The number of rotatable bonds is 3. The van der Waals surface area contributed by atoms with Gasteiger partial charge in [0.15, 0.2) is 5.82 Å². The highest BCUT2D eigenvalue weighted by molar-refractivity contribution is 7.92. The van der Waals surface area contributed by atoms with Gasteiger partial charge in [-0.25, -0.2) is 17.6 Å². The number of methoxy groups -OCH3 is 1. The Morgan fingerprint density at radius 3 is 2.58 bits per heavy atom. The van der Waals surface area contributed by atoms with Gasteiger partial charge in [-0.1, -0.05) is 12.2 Å². The zero-order valence-electron chi connectivity index (χ0n) is 13.5. The van der Waals surface area contributed by atoms with E-state index in [1.165, 1.54) is 13.2 Å². The van der Waals surface area contributed by atoms with Gasteiger partial charge in [0, 0.05) is 6.54 Å². The molecule has 0 bridgehead atoms. The van der Waals surface area contributed by atoms with E-state index in [0.29, 0.717) is 12.8 Å². The average molecular weight is 353 g/mol. The highest BCUT2D eigenvalue weighted by Gasteiger charge is 2.31. The van der Waals surface area contributed by atoms with Crippen LogP contribution in [0.15, 0.2) is 24.3 Å². The number of hydrogen-bond donors (Lipinski definition) is 0. The molecule has 1 heterocycles. The van der Waals surface area contributed by atoms with Gasteiger partial charge < -0.3 is 4.74 Å². The molecule has 24 heavy (non-hydrogen) atoms. The fourth-order valence-electron chi connectivity index (χ4n) is 3.26. The van der Waals surface area contributed by atoms with Crippen LogP contribution in [0.3, 0.4) is 0 Å². The van der Waals surface area contributed by atoms with E-state index >= 15 is 0 Å². The van der Waals surface area contributed by atoms with E-state index in [0.717, 1.165) is 22.7 Å². The normalized spacial score (nSPS) is 20.3. The molecule has 1 aromatic rings. The summed E-state index contributed by atoms with van der Waals surface area (Å²) in [5.41, 5.74) is 0.509. The van der Waals surface area contributed by atoms with Crippen molar-refractivity contribution >= 4 is 21.7 Å². The summed E-state index contributed by atoms with van der Waals surface area (Å²) in [6, 6.07) is 3.06. The molecular formula is C17H20FNO4S. The summed E-state index contributed by atoms with van der Waals surface area (Å²) < 4.78 is 45.3. The smallest absolute Gasteiger partial charge is 0.340 e. The van der Waals surface area contributed by atoms with Crippen LogP contribution in [0.25, 0.3) is 0 Å². The van der Waals surface area contributed by atoms with E-state index < -0.39 is 21.8 Å². The van der Waals surface area contributed by atoms with Crippen LogP contribution in [-0.4, -0.2) is 33.8 Å². The van der Waals surface area contributed by atoms with Crippen molar-refractivity contribution < 1.29 is 22.3 Å². The minimum absolute atomic E-state index is 0.00475. The van der Waals surface area contributed by atoms with E-state index in [9.17, 15) is 17.6 Å². The predicted molar refractivity (Wildman–Crippen MR) is 89.2 cm³/mol. The fraction of sp³-hybridized carbons (Fsp3) is 0.471. The maximum atomic E-state index is 14.9. The second kappa shape index (κ2) is 6.55. The Labute approximate surface area is 141 Å². The molecule has 0 spiro atoms. The van der Waals surface area contributed by atoms with Gasteiger partial charge in [0.1, 0.15) is 0 Å². The zero-order chi connectivity index (χ0) is 17.3. The van der Waals surface area contributed by atoms with E-state index in [4.69, 9.17) is 0 Å². The van der Waals surface area contributed by atoms with Gasteiger partial charge >= 0.3 is 5.97 Å². The number of hydrogen-bond acceptors (Lipinski definition) is 4. The highest BCUT2D eigenvalue weighted by Crippen LogP contribution is 2.36. The molecule has 3 rings (SSSR count). The number of carbonyl (C=O) groups excluding carboxylic acids is 1. The van der Waals surface area contributed by atoms with Crippen molar-refractivity contribution in [2.75, 3.05) is 23.7 Å². The molecule has 1 fully saturated rings. The van der Waals surface area contributed by atoms with Crippen molar-refractivity contribution in [2.24, 2.45) is 0 Å². The standard InChI is InChI=1S/C17H20FNO4S/c1-23-17(20)14-10-13(12-6-2-3-7-12)11-15(16(14)18)19-8-4-5-9-24(19,21)22/h2-3,10-12H,4-9H2,1H3. The SMILES string of the molecule is COC(=O)c1cc(C2CC=CC2)cc(N2CCCCS2(=O)=O)c1F. The Morgan fingerprint density at radius 2 is 1.96 bits per heavy atom. The van der Waals surface area contributed by atoms with Crippen LogP contribution in [0.1, 0.15) is 47.5 Å². The van der Waals surface area contributed by atoms with Crippen LogP contribution >= 0.6 is 0 Å². The van der Waals surface area contributed by atoms with Gasteiger partial charge in [-0.2, -0.15) is 0 Å². The average Bonchev–Trinajstić information content (AvgIpc) is 3.09. The highest BCUT2D eigenvalue weighted by atomic mass is 32.2. The number of sulfonamides is 1. The maximum Gasteiger partial charge on any atom is 0.340 e. The van der Waals surface area contributed by atoms with Gasteiger partial charge in [-0.05, 0) is 49.3 Å². The molecular weight excluding hydrogens is 333 g/mol. The number of anilines is 1. The second-order valence-corrected chi connectivity index (χ2v) is 8.14. The molecule has 0 N–H and O–H groups in total. The summed E-state index contributed by atoms with van der Waals surface area (Å²) in [5.74, 6) is -1.51. The number of ether oxygens (including phenoxy) is 1. The summed E-state index contributed by atoms with van der Waals surface area (Å²) in [6.45, 7) is 0.228. The largest absolute Gasteiger partial charge is 0.465 e. The minimum Gasteiger partial charge on any atom is -0.465 e. The Balaban J connectivity index is 2.13. The van der Waals surface area contributed by atoms with Crippen molar-refractivity contribution in [1.29, 1.82) is 0 Å². The molecule has 0 atom stereocenters. The van der Waals surface area contributed by atoms with Crippen LogP contribution in [0.4, 0.5) is 10.1 Å². The van der Waals surface area contributed by atoms with Crippen molar-refractivity contribution in [1.82, 2.24) is 0 Å². The summed E-state index contributed by atoms with van der Waals surface area (Å²) >= 11 is 0. The molecule has 1 aromatic carbocycles. The fourth-order valence-corrected chi connectivity index (χ4v) is 4.88. The Morgan fingerprint density at radius 1 is 1.25 bits per heavy atom. The molecule has 1 aliphatic heterocycles. The maximum absolute atomic E-state index is 14.9. The second-order valence-electron chi connectivity index (χ2n) is 6.13. The third kappa shape index (κ3) is 3.05.